The summed E-state index contributed by atoms with van der Waals surface area (Å²) in [7, 11) is 4.10. The van der Waals surface area contributed by atoms with E-state index in [1.165, 1.54) is 45.0 Å². The summed E-state index contributed by atoms with van der Waals surface area (Å²) in [5, 5.41) is 4.52. The summed E-state index contributed by atoms with van der Waals surface area (Å²) in [6, 6.07) is 18.8. The van der Waals surface area contributed by atoms with Gasteiger partial charge in [0.2, 0.25) is 0 Å². The molecule has 1 atom stereocenters. The molecule has 4 aromatic rings. The van der Waals surface area contributed by atoms with Crippen molar-refractivity contribution < 1.29 is 4.79 Å². The maximum atomic E-state index is 14.1. The van der Waals surface area contributed by atoms with Gasteiger partial charge in [0.1, 0.15) is 5.00 Å². The first-order chi connectivity index (χ1) is 17.9. The van der Waals surface area contributed by atoms with Crippen LogP contribution in [0.1, 0.15) is 57.3 Å². The molecule has 0 radical (unpaired) electrons. The van der Waals surface area contributed by atoms with E-state index in [1.807, 2.05) is 22.3 Å². The highest BCUT2D eigenvalue weighted by atomic mass is 32.1. The highest BCUT2D eigenvalue weighted by Crippen LogP contribution is 2.44. The molecular weight excluding hydrogens is 476 g/mol. The maximum Gasteiger partial charge on any atom is 0.322 e. The quantitative estimate of drug-likeness (QED) is 0.316. The number of benzene rings is 2. The molecule has 0 bridgehead atoms. The molecule has 0 fully saturated rings. The fourth-order valence-corrected chi connectivity index (χ4v) is 7.11. The fraction of sp³-hybridized carbons (Fsp3) is 0.323. The number of urea groups is 1. The van der Waals surface area contributed by atoms with Gasteiger partial charge in [-0.05, 0) is 98.2 Å². The van der Waals surface area contributed by atoms with Crippen LogP contribution in [0.2, 0.25) is 0 Å². The van der Waals surface area contributed by atoms with Crippen molar-refractivity contribution in [3.05, 3.63) is 99.2 Å². The molecule has 0 saturated carbocycles. The fourth-order valence-electron chi connectivity index (χ4n) is 5.71. The van der Waals surface area contributed by atoms with E-state index in [0.717, 1.165) is 35.5 Å². The van der Waals surface area contributed by atoms with E-state index in [9.17, 15) is 4.79 Å². The second-order valence-electron chi connectivity index (χ2n) is 10.5. The standard InChI is InChI=1S/C31H34N4OS/c1-20-11-14-23(18-21(20)2)32-31(36)35-19-26-25-8-5-6-10-28(25)37-30(26)34-17-7-9-27(34)29(35)22-12-15-24(16-13-22)33(3)4/h7,9,11-18,29H,5-6,8,10,19H2,1-4H3,(H,32,36)/t29-/m0/s1. The van der Waals surface area contributed by atoms with Gasteiger partial charge in [0.05, 0.1) is 18.3 Å². The highest BCUT2D eigenvalue weighted by molar-refractivity contribution is 7.15. The molecule has 2 aromatic heterocycles. The van der Waals surface area contributed by atoms with E-state index in [0.29, 0.717) is 6.54 Å². The predicted octanol–water partition coefficient (Wildman–Crippen LogP) is 7.24. The van der Waals surface area contributed by atoms with Gasteiger partial charge in [0, 0.05) is 42.1 Å². The Kier molecular flexibility index (Phi) is 6.07. The molecule has 1 N–H and O–H groups in total. The van der Waals surface area contributed by atoms with E-state index in [-0.39, 0.29) is 12.1 Å². The van der Waals surface area contributed by atoms with E-state index < -0.39 is 0 Å². The lowest BCUT2D eigenvalue weighted by atomic mass is 9.95. The Labute approximate surface area is 223 Å². The number of hydrogen-bond acceptors (Lipinski definition) is 3. The Morgan fingerprint density at radius 2 is 1.76 bits per heavy atom. The molecule has 5 nitrogen and oxygen atoms in total. The van der Waals surface area contributed by atoms with Gasteiger partial charge in [-0.3, -0.25) is 0 Å². The molecule has 6 rings (SSSR count). The van der Waals surface area contributed by atoms with Crippen LogP contribution < -0.4 is 10.2 Å². The van der Waals surface area contributed by atoms with Gasteiger partial charge < -0.3 is 19.7 Å². The van der Waals surface area contributed by atoms with Gasteiger partial charge >= 0.3 is 6.03 Å². The number of anilines is 2. The predicted molar refractivity (Wildman–Crippen MR) is 153 cm³/mol. The normalized spacial score (nSPS) is 16.4. The van der Waals surface area contributed by atoms with Crippen LogP contribution in [-0.4, -0.2) is 29.6 Å². The van der Waals surface area contributed by atoms with Crippen LogP contribution in [0.5, 0.6) is 0 Å². The average Bonchev–Trinajstić information content (AvgIpc) is 3.48. The summed E-state index contributed by atoms with van der Waals surface area (Å²) in [5.41, 5.74) is 9.41. The van der Waals surface area contributed by atoms with Crippen LogP contribution in [0, 0.1) is 13.8 Å². The Balaban J connectivity index is 1.47. The van der Waals surface area contributed by atoms with Gasteiger partial charge in [-0.1, -0.05) is 18.2 Å². The molecule has 2 aliphatic rings. The molecule has 0 spiro atoms. The summed E-state index contributed by atoms with van der Waals surface area (Å²) in [4.78, 5) is 19.8. The van der Waals surface area contributed by atoms with Gasteiger partial charge in [-0.2, -0.15) is 0 Å². The molecule has 2 amide bonds. The molecule has 190 valence electrons. The number of aryl methyl sites for hydroxylation is 3. The van der Waals surface area contributed by atoms with Crippen molar-refractivity contribution in [3.8, 4) is 5.00 Å². The van der Waals surface area contributed by atoms with Gasteiger partial charge in [0.25, 0.3) is 0 Å². The summed E-state index contributed by atoms with van der Waals surface area (Å²) in [6.07, 6.45) is 6.89. The lowest BCUT2D eigenvalue weighted by Gasteiger charge is -2.32. The highest BCUT2D eigenvalue weighted by Gasteiger charge is 2.36. The molecular formula is C31H34N4OS. The SMILES string of the molecule is Cc1ccc(NC(=O)N2Cc3c(sc4c3CCCC4)-n3cccc3[C@@H]2c2ccc(N(C)C)cc2)cc1C. The average molecular weight is 511 g/mol. The largest absolute Gasteiger partial charge is 0.378 e. The van der Waals surface area contributed by atoms with Crippen molar-refractivity contribution in [2.24, 2.45) is 0 Å². The minimum Gasteiger partial charge on any atom is -0.378 e. The third-order valence-corrected chi connectivity index (χ3v) is 9.26. The van der Waals surface area contributed by atoms with Crippen LogP contribution in [0.25, 0.3) is 5.00 Å². The summed E-state index contributed by atoms with van der Waals surface area (Å²) in [5.74, 6) is 0. The molecule has 1 aliphatic heterocycles. The van der Waals surface area contributed by atoms with Gasteiger partial charge in [0.15, 0.2) is 0 Å². The molecule has 2 aromatic carbocycles. The lowest BCUT2D eigenvalue weighted by molar-refractivity contribution is 0.194. The second kappa shape index (κ2) is 9.42. The number of thiophene rings is 1. The number of nitrogens with zero attached hydrogens (tertiary/aromatic N) is 3. The van der Waals surface area contributed by atoms with Crippen molar-refractivity contribution in [2.75, 3.05) is 24.3 Å². The first kappa shape index (κ1) is 23.9. The third-order valence-electron chi connectivity index (χ3n) is 7.92. The van der Waals surface area contributed by atoms with Crippen molar-refractivity contribution >= 4 is 28.7 Å². The van der Waals surface area contributed by atoms with E-state index in [4.69, 9.17) is 0 Å². The number of carbonyl (C=O) groups excluding carboxylic acids is 1. The number of rotatable bonds is 3. The lowest BCUT2D eigenvalue weighted by Crippen LogP contribution is -2.38. The van der Waals surface area contributed by atoms with E-state index >= 15 is 0 Å². The minimum absolute atomic E-state index is 0.0682. The molecule has 37 heavy (non-hydrogen) atoms. The van der Waals surface area contributed by atoms with Gasteiger partial charge in [-0.15, -0.1) is 11.3 Å². The van der Waals surface area contributed by atoms with Crippen molar-refractivity contribution in [1.29, 1.82) is 0 Å². The van der Waals surface area contributed by atoms with E-state index in [1.54, 1.807) is 0 Å². The number of fused-ring (bicyclic) bond motifs is 5. The number of nitrogens with one attached hydrogen (secondary N) is 1. The zero-order chi connectivity index (χ0) is 25.7. The van der Waals surface area contributed by atoms with Crippen molar-refractivity contribution in [2.45, 2.75) is 52.1 Å². The van der Waals surface area contributed by atoms with Gasteiger partial charge in [-0.25, -0.2) is 4.79 Å². The zero-order valence-corrected chi connectivity index (χ0v) is 22.9. The molecule has 0 unspecified atom stereocenters. The van der Waals surface area contributed by atoms with Crippen LogP contribution in [0.15, 0.2) is 60.8 Å². The maximum absolute atomic E-state index is 14.1. The smallest absolute Gasteiger partial charge is 0.322 e. The number of carbonyl (C=O) groups is 1. The van der Waals surface area contributed by atoms with E-state index in [2.05, 4.69) is 97.5 Å². The second-order valence-corrected chi connectivity index (χ2v) is 11.6. The third kappa shape index (κ3) is 4.23. The summed E-state index contributed by atoms with van der Waals surface area (Å²) in [6.45, 7) is 4.78. The molecule has 1 aliphatic carbocycles. The first-order valence-corrected chi connectivity index (χ1v) is 14.0. The van der Waals surface area contributed by atoms with Crippen molar-refractivity contribution in [3.63, 3.8) is 0 Å². The zero-order valence-electron chi connectivity index (χ0n) is 22.0. The Morgan fingerprint density at radius 1 is 0.973 bits per heavy atom. The van der Waals surface area contributed by atoms with Crippen LogP contribution in [0.3, 0.4) is 0 Å². The van der Waals surface area contributed by atoms with Crippen molar-refractivity contribution in [1.82, 2.24) is 9.47 Å². The molecule has 3 heterocycles. The molecule has 0 saturated heterocycles. The summed E-state index contributed by atoms with van der Waals surface area (Å²) >= 11 is 1.92. The Hall–Kier alpha value is -3.51. The molecule has 6 heteroatoms. The first-order valence-electron chi connectivity index (χ1n) is 13.1. The number of amides is 2. The van der Waals surface area contributed by atoms with Crippen LogP contribution in [-0.2, 0) is 19.4 Å². The topological polar surface area (TPSA) is 40.5 Å². The Bertz CT molecular complexity index is 1460. The number of aromatic nitrogens is 1. The summed E-state index contributed by atoms with van der Waals surface area (Å²) < 4.78 is 2.34. The number of hydrogen-bond donors (Lipinski definition) is 1. The van der Waals surface area contributed by atoms with Crippen LogP contribution >= 0.6 is 11.3 Å². The minimum atomic E-state index is -0.198. The Morgan fingerprint density at radius 3 is 2.51 bits per heavy atom. The monoisotopic (exact) mass is 510 g/mol. The van der Waals surface area contributed by atoms with Crippen LogP contribution in [0.4, 0.5) is 16.2 Å².